The number of carbonyl (C=O) groups excluding carboxylic acids is 2. The third-order valence-corrected chi connectivity index (χ3v) is 5.30. The molecule has 4 aromatic rings. The number of aromatic amines is 1. The van der Waals surface area contributed by atoms with Gasteiger partial charge in [-0.1, -0.05) is 18.2 Å². The van der Waals surface area contributed by atoms with E-state index in [4.69, 9.17) is 10.5 Å². The molecule has 12 heteroatoms. The van der Waals surface area contributed by atoms with Crippen LogP contribution in [0.4, 0.5) is 5.95 Å². The third-order valence-electron chi connectivity index (χ3n) is 5.30. The monoisotopic (exact) mass is 463 g/mol. The molecule has 0 radical (unpaired) electrons. The second kappa shape index (κ2) is 9.65. The summed E-state index contributed by atoms with van der Waals surface area (Å²) >= 11 is 0. The number of nitrogens with zero attached hydrogens (tertiary/aromatic N) is 6. The SMILES string of the molecule is CCOC(=O)c1nc(-c2cccc(CNC(=O)CCc3c(C)nc4nc(N)nn4c3C)c2)n[nH]1. The summed E-state index contributed by atoms with van der Waals surface area (Å²) < 4.78 is 6.51. The zero-order chi connectivity index (χ0) is 24.2. The number of aromatic nitrogens is 7. The fourth-order valence-corrected chi connectivity index (χ4v) is 3.62. The maximum Gasteiger partial charge on any atom is 0.375 e. The molecule has 0 unspecified atom stereocenters. The van der Waals surface area contributed by atoms with E-state index in [1.54, 1.807) is 11.4 Å². The van der Waals surface area contributed by atoms with Crippen LogP contribution < -0.4 is 11.1 Å². The second-order valence-corrected chi connectivity index (χ2v) is 7.65. The van der Waals surface area contributed by atoms with Crippen molar-refractivity contribution < 1.29 is 14.3 Å². The van der Waals surface area contributed by atoms with Crippen molar-refractivity contribution in [2.24, 2.45) is 0 Å². The van der Waals surface area contributed by atoms with E-state index in [2.05, 4.69) is 35.6 Å². The van der Waals surface area contributed by atoms with Crippen LogP contribution in [0.15, 0.2) is 24.3 Å². The van der Waals surface area contributed by atoms with Gasteiger partial charge in [-0.3, -0.25) is 9.89 Å². The van der Waals surface area contributed by atoms with Gasteiger partial charge >= 0.3 is 5.97 Å². The molecule has 0 aliphatic rings. The molecule has 0 fully saturated rings. The minimum Gasteiger partial charge on any atom is -0.460 e. The van der Waals surface area contributed by atoms with E-state index in [1.165, 1.54) is 0 Å². The van der Waals surface area contributed by atoms with Crippen LogP contribution in [0, 0.1) is 13.8 Å². The number of hydrogen-bond acceptors (Lipinski definition) is 9. The minimum atomic E-state index is -0.559. The predicted octanol–water partition coefficient (Wildman–Crippen LogP) is 1.53. The molecule has 4 rings (SSSR count). The van der Waals surface area contributed by atoms with E-state index < -0.39 is 5.97 Å². The van der Waals surface area contributed by atoms with Crippen molar-refractivity contribution >= 4 is 23.6 Å². The van der Waals surface area contributed by atoms with Crippen LogP contribution in [-0.2, 0) is 22.5 Å². The summed E-state index contributed by atoms with van der Waals surface area (Å²) in [7, 11) is 0. The number of anilines is 1. The van der Waals surface area contributed by atoms with E-state index in [9.17, 15) is 9.59 Å². The summed E-state index contributed by atoms with van der Waals surface area (Å²) in [4.78, 5) is 37.0. The molecule has 0 atom stereocenters. The van der Waals surface area contributed by atoms with Gasteiger partial charge < -0.3 is 15.8 Å². The molecular formula is C22H25N9O3. The van der Waals surface area contributed by atoms with Crippen molar-refractivity contribution in [3.63, 3.8) is 0 Å². The molecule has 0 aliphatic carbocycles. The molecule has 0 bridgehead atoms. The Morgan fingerprint density at radius 1 is 1.21 bits per heavy atom. The van der Waals surface area contributed by atoms with Gasteiger partial charge in [0.15, 0.2) is 5.82 Å². The Hall–Kier alpha value is -4.35. The highest BCUT2D eigenvalue weighted by Gasteiger charge is 2.15. The lowest BCUT2D eigenvalue weighted by atomic mass is 10.1. The minimum absolute atomic E-state index is 0.0439. The molecule has 0 aliphatic heterocycles. The Balaban J connectivity index is 1.37. The van der Waals surface area contributed by atoms with E-state index >= 15 is 0 Å². The van der Waals surface area contributed by atoms with Crippen LogP contribution in [0.1, 0.15) is 46.5 Å². The predicted molar refractivity (Wildman–Crippen MR) is 123 cm³/mol. The van der Waals surface area contributed by atoms with Gasteiger partial charge in [-0.2, -0.15) is 14.6 Å². The van der Waals surface area contributed by atoms with Crippen molar-refractivity contribution in [2.75, 3.05) is 12.3 Å². The average Bonchev–Trinajstić information content (AvgIpc) is 3.45. The van der Waals surface area contributed by atoms with Gasteiger partial charge in [0.2, 0.25) is 17.7 Å². The number of rotatable bonds is 8. The molecule has 1 amide bonds. The van der Waals surface area contributed by atoms with Gasteiger partial charge in [0.25, 0.3) is 5.78 Å². The Bertz CT molecular complexity index is 1360. The second-order valence-electron chi connectivity index (χ2n) is 7.65. The number of nitrogens with one attached hydrogen (secondary N) is 2. The number of carbonyl (C=O) groups is 2. The summed E-state index contributed by atoms with van der Waals surface area (Å²) in [6.45, 7) is 6.11. The number of H-pyrrole nitrogens is 1. The lowest BCUT2D eigenvalue weighted by Crippen LogP contribution is -2.23. The standard InChI is InChI=1S/C22H25N9O3/c1-4-34-20(33)19-26-18(28-29-19)15-7-5-6-14(10-15)11-24-17(32)9-8-16-12(2)25-22-27-21(23)30-31(22)13(16)3/h5-7,10H,4,8-9,11H2,1-3H3,(H2,23,30)(H,24,32)(H,26,28,29). The van der Waals surface area contributed by atoms with E-state index in [0.29, 0.717) is 31.0 Å². The van der Waals surface area contributed by atoms with Crippen molar-refractivity contribution in [3.05, 3.63) is 52.6 Å². The molecule has 0 saturated heterocycles. The quantitative estimate of drug-likeness (QED) is 0.328. The lowest BCUT2D eigenvalue weighted by Gasteiger charge is -2.11. The normalized spacial score (nSPS) is 11.0. The summed E-state index contributed by atoms with van der Waals surface area (Å²) in [5.41, 5.74) is 9.87. The number of benzene rings is 1. The van der Waals surface area contributed by atoms with Crippen LogP contribution in [0.5, 0.6) is 0 Å². The van der Waals surface area contributed by atoms with Crippen LogP contribution in [0.3, 0.4) is 0 Å². The third kappa shape index (κ3) is 4.85. The molecule has 0 spiro atoms. The van der Waals surface area contributed by atoms with Crippen LogP contribution in [0.25, 0.3) is 17.2 Å². The number of nitrogen functional groups attached to an aromatic ring is 1. The average molecular weight is 464 g/mol. The first kappa shape index (κ1) is 22.8. The molecule has 34 heavy (non-hydrogen) atoms. The van der Waals surface area contributed by atoms with Gasteiger partial charge in [0.05, 0.1) is 6.61 Å². The first-order valence-corrected chi connectivity index (χ1v) is 10.8. The van der Waals surface area contributed by atoms with Crippen LogP contribution in [0.2, 0.25) is 0 Å². The maximum atomic E-state index is 12.5. The molecule has 12 nitrogen and oxygen atoms in total. The topological polar surface area (TPSA) is 166 Å². The zero-order valence-corrected chi connectivity index (χ0v) is 19.1. The highest BCUT2D eigenvalue weighted by Crippen LogP contribution is 2.18. The van der Waals surface area contributed by atoms with Gasteiger partial charge in [-0.25, -0.2) is 14.8 Å². The van der Waals surface area contributed by atoms with Crippen molar-refractivity contribution in [1.29, 1.82) is 0 Å². The Morgan fingerprint density at radius 2 is 2.03 bits per heavy atom. The summed E-state index contributed by atoms with van der Waals surface area (Å²) in [6, 6.07) is 7.42. The van der Waals surface area contributed by atoms with Gasteiger partial charge in [-0.15, -0.1) is 5.10 Å². The molecular weight excluding hydrogens is 438 g/mol. The largest absolute Gasteiger partial charge is 0.460 e. The number of fused-ring (bicyclic) bond motifs is 1. The molecule has 176 valence electrons. The summed E-state index contributed by atoms with van der Waals surface area (Å²) in [6.07, 6.45) is 0.808. The van der Waals surface area contributed by atoms with E-state index in [1.807, 2.05) is 38.1 Å². The number of esters is 1. The van der Waals surface area contributed by atoms with Gasteiger partial charge in [0, 0.05) is 29.9 Å². The van der Waals surface area contributed by atoms with E-state index in [-0.39, 0.29) is 24.3 Å². The number of ether oxygens (including phenoxy) is 1. The fourth-order valence-electron chi connectivity index (χ4n) is 3.62. The number of amides is 1. The fraction of sp³-hybridized carbons (Fsp3) is 0.318. The smallest absolute Gasteiger partial charge is 0.375 e. The Morgan fingerprint density at radius 3 is 2.82 bits per heavy atom. The number of hydrogen-bond donors (Lipinski definition) is 3. The number of aryl methyl sites for hydroxylation is 2. The molecule has 3 heterocycles. The Labute approximate surface area is 195 Å². The first-order chi connectivity index (χ1) is 16.4. The highest BCUT2D eigenvalue weighted by molar-refractivity contribution is 5.85. The molecule has 1 aromatic carbocycles. The van der Waals surface area contributed by atoms with Crippen molar-refractivity contribution in [3.8, 4) is 11.4 Å². The lowest BCUT2D eigenvalue weighted by molar-refractivity contribution is -0.121. The summed E-state index contributed by atoms with van der Waals surface area (Å²) in [5, 5.41) is 13.7. The summed E-state index contributed by atoms with van der Waals surface area (Å²) in [5.74, 6) is 0.374. The first-order valence-electron chi connectivity index (χ1n) is 10.8. The van der Waals surface area contributed by atoms with Crippen molar-refractivity contribution in [1.82, 2.24) is 40.1 Å². The molecule has 4 N–H and O–H groups in total. The molecule has 0 saturated carbocycles. The zero-order valence-electron chi connectivity index (χ0n) is 19.1. The van der Waals surface area contributed by atoms with Crippen molar-refractivity contribution in [2.45, 2.75) is 40.2 Å². The van der Waals surface area contributed by atoms with E-state index in [0.717, 1.165) is 28.1 Å². The highest BCUT2D eigenvalue weighted by atomic mass is 16.5. The Kier molecular flexibility index (Phi) is 6.48. The number of nitrogens with two attached hydrogens (primary N) is 1. The van der Waals surface area contributed by atoms with Gasteiger partial charge in [-0.05, 0) is 44.4 Å². The molecule has 3 aromatic heterocycles. The van der Waals surface area contributed by atoms with Crippen LogP contribution >= 0.6 is 0 Å². The van der Waals surface area contributed by atoms with Gasteiger partial charge in [0.1, 0.15) is 0 Å². The maximum absolute atomic E-state index is 12.5. The van der Waals surface area contributed by atoms with Crippen LogP contribution in [-0.4, -0.2) is 53.2 Å².